The third-order valence-corrected chi connectivity index (χ3v) is 1.29. The van der Waals surface area contributed by atoms with E-state index in [1.807, 2.05) is 0 Å². The second-order valence-electron chi connectivity index (χ2n) is 2.10. The van der Waals surface area contributed by atoms with Crippen molar-refractivity contribution < 1.29 is 4.74 Å². The van der Waals surface area contributed by atoms with Crippen LogP contribution in [0.5, 0.6) is 5.75 Å². The number of benzene rings is 1. The number of nitrogens with zero attached hydrogens (tertiary/aromatic N) is 1. The molecule has 0 aromatic heterocycles. The first-order valence-corrected chi connectivity index (χ1v) is 3.40. The van der Waals surface area contributed by atoms with E-state index in [-0.39, 0.29) is 6.61 Å². The minimum atomic E-state index is 0.261. The van der Waals surface area contributed by atoms with Crippen LogP contribution >= 0.6 is 0 Å². The summed E-state index contributed by atoms with van der Waals surface area (Å²) in [5, 5.41) is 0. The Morgan fingerprint density at radius 3 is 2.58 bits per heavy atom. The van der Waals surface area contributed by atoms with Gasteiger partial charge in [-0.25, -0.2) is 4.85 Å². The lowest BCUT2D eigenvalue weighted by Crippen LogP contribution is -1.91. The Kier molecular flexibility index (Phi) is 2.76. The van der Waals surface area contributed by atoms with Crippen LogP contribution in [-0.2, 0) is 0 Å². The van der Waals surface area contributed by atoms with E-state index in [2.05, 4.69) is 10.8 Å². The van der Waals surface area contributed by atoms with Gasteiger partial charge >= 0.3 is 0 Å². The molecule has 1 aromatic rings. The molecule has 0 amide bonds. The van der Waals surface area contributed by atoms with Gasteiger partial charge in [0.05, 0.1) is 6.57 Å². The van der Waals surface area contributed by atoms with Crippen LogP contribution in [0.3, 0.4) is 0 Å². The van der Waals surface area contributed by atoms with Crippen molar-refractivity contribution in [2.24, 2.45) is 0 Å². The Bertz CT molecular complexity index is 326. The number of hydrogen-bond acceptors (Lipinski definition) is 1. The molecule has 0 saturated heterocycles. The van der Waals surface area contributed by atoms with Crippen molar-refractivity contribution in [2.75, 3.05) is 6.61 Å². The summed E-state index contributed by atoms with van der Waals surface area (Å²) >= 11 is 0. The summed E-state index contributed by atoms with van der Waals surface area (Å²) in [6.45, 7) is 6.97. The Morgan fingerprint density at radius 2 is 2.08 bits per heavy atom. The highest BCUT2D eigenvalue weighted by molar-refractivity contribution is 5.46. The minimum absolute atomic E-state index is 0.261. The topological polar surface area (TPSA) is 13.6 Å². The van der Waals surface area contributed by atoms with Crippen molar-refractivity contribution >= 4 is 5.69 Å². The van der Waals surface area contributed by atoms with Gasteiger partial charge in [0.2, 0.25) is 0 Å². The molecule has 2 heteroatoms. The van der Waals surface area contributed by atoms with E-state index >= 15 is 0 Å². The Hall–Kier alpha value is -1.93. The predicted octanol–water partition coefficient (Wildman–Crippen LogP) is 2.25. The largest absolute Gasteiger partial charge is 0.481 e. The van der Waals surface area contributed by atoms with E-state index in [4.69, 9.17) is 17.7 Å². The highest BCUT2D eigenvalue weighted by atomic mass is 16.5. The van der Waals surface area contributed by atoms with Gasteiger partial charge in [-0.2, -0.15) is 0 Å². The van der Waals surface area contributed by atoms with Crippen LogP contribution in [0.1, 0.15) is 0 Å². The summed E-state index contributed by atoms with van der Waals surface area (Å²) in [6, 6.07) is 6.84. The van der Waals surface area contributed by atoms with Crippen LogP contribution in [0.4, 0.5) is 5.69 Å². The lowest BCUT2D eigenvalue weighted by molar-refractivity contribution is 0.370. The second-order valence-corrected chi connectivity index (χ2v) is 2.10. The monoisotopic (exact) mass is 157 g/mol. The molecule has 0 fully saturated rings. The average molecular weight is 157 g/mol. The maximum atomic E-state index is 6.70. The average Bonchev–Trinajstić information content (AvgIpc) is 2.15. The molecule has 2 nitrogen and oxygen atoms in total. The van der Waals surface area contributed by atoms with Gasteiger partial charge in [0.25, 0.3) is 0 Å². The smallest absolute Gasteiger partial charge is 0.187 e. The quantitative estimate of drug-likeness (QED) is 0.474. The van der Waals surface area contributed by atoms with E-state index < -0.39 is 0 Å². The molecule has 58 valence electrons. The van der Waals surface area contributed by atoms with Crippen LogP contribution in [0.25, 0.3) is 4.85 Å². The lowest BCUT2D eigenvalue weighted by Gasteiger charge is -2.00. The SMILES string of the molecule is [C-]#[N+]c1ccc(OCC#C)cc1. The highest BCUT2D eigenvalue weighted by Gasteiger charge is 1.91. The van der Waals surface area contributed by atoms with Crippen LogP contribution in [0.2, 0.25) is 0 Å². The number of terminal acetylenes is 1. The standard InChI is InChI=1S/C10H7NO/c1-3-8-12-10-6-4-9(11-2)5-7-10/h1,4-7H,8H2. The van der Waals surface area contributed by atoms with Gasteiger partial charge in [0, 0.05) is 0 Å². The van der Waals surface area contributed by atoms with Crippen molar-refractivity contribution in [1.82, 2.24) is 0 Å². The van der Waals surface area contributed by atoms with Crippen molar-refractivity contribution in [3.05, 3.63) is 35.7 Å². The summed E-state index contributed by atoms with van der Waals surface area (Å²) in [4.78, 5) is 3.25. The Morgan fingerprint density at radius 1 is 1.42 bits per heavy atom. The van der Waals surface area contributed by atoms with Crippen molar-refractivity contribution in [2.45, 2.75) is 0 Å². The zero-order valence-corrected chi connectivity index (χ0v) is 6.45. The van der Waals surface area contributed by atoms with E-state index in [0.29, 0.717) is 11.4 Å². The molecule has 0 radical (unpaired) electrons. The molecule has 0 unspecified atom stereocenters. The van der Waals surface area contributed by atoms with Crippen LogP contribution in [-0.4, -0.2) is 6.61 Å². The van der Waals surface area contributed by atoms with Crippen molar-refractivity contribution in [1.29, 1.82) is 0 Å². The fraction of sp³-hybridized carbons (Fsp3) is 0.100. The van der Waals surface area contributed by atoms with Gasteiger partial charge in [-0.15, -0.1) is 6.42 Å². The van der Waals surface area contributed by atoms with Gasteiger partial charge < -0.3 is 4.74 Å². The fourth-order valence-electron chi connectivity index (χ4n) is 0.742. The summed E-state index contributed by atoms with van der Waals surface area (Å²) < 4.78 is 5.12. The zero-order chi connectivity index (χ0) is 8.81. The molecule has 12 heavy (non-hydrogen) atoms. The first-order chi connectivity index (χ1) is 5.86. The fourth-order valence-corrected chi connectivity index (χ4v) is 0.742. The maximum Gasteiger partial charge on any atom is 0.187 e. The Labute approximate surface area is 71.6 Å². The third kappa shape index (κ3) is 2.04. The highest BCUT2D eigenvalue weighted by Crippen LogP contribution is 2.17. The van der Waals surface area contributed by atoms with E-state index in [1.54, 1.807) is 24.3 Å². The molecule has 0 aliphatic carbocycles. The first kappa shape index (κ1) is 8.17. The van der Waals surface area contributed by atoms with Crippen molar-refractivity contribution in [3.8, 4) is 18.1 Å². The molecule has 0 N–H and O–H groups in total. The molecule has 0 aliphatic heterocycles. The van der Waals surface area contributed by atoms with Gasteiger partial charge in [0.1, 0.15) is 12.4 Å². The lowest BCUT2D eigenvalue weighted by atomic mass is 10.3. The predicted molar refractivity (Wildman–Crippen MR) is 47.0 cm³/mol. The first-order valence-electron chi connectivity index (χ1n) is 3.40. The number of hydrogen-bond donors (Lipinski definition) is 0. The molecule has 0 aliphatic rings. The molecule has 0 saturated carbocycles. The van der Waals surface area contributed by atoms with Gasteiger partial charge in [-0.3, -0.25) is 0 Å². The summed E-state index contributed by atoms with van der Waals surface area (Å²) in [5.41, 5.74) is 0.600. The molecule has 0 spiro atoms. The number of ether oxygens (including phenoxy) is 1. The Balaban J connectivity index is 2.68. The van der Waals surface area contributed by atoms with E-state index in [1.165, 1.54) is 0 Å². The van der Waals surface area contributed by atoms with Crippen LogP contribution in [0.15, 0.2) is 24.3 Å². The normalized spacial score (nSPS) is 8.17. The molecule has 1 aromatic carbocycles. The second kappa shape index (κ2) is 4.05. The molecule has 0 atom stereocenters. The van der Waals surface area contributed by atoms with E-state index in [0.717, 1.165) is 0 Å². The zero-order valence-electron chi connectivity index (χ0n) is 6.45. The third-order valence-electron chi connectivity index (χ3n) is 1.29. The molecule has 0 bridgehead atoms. The molecular formula is C10H7NO. The summed E-state index contributed by atoms with van der Waals surface area (Å²) in [6.07, 6.45) is 5.01. The minimum Gasteiger partial charge on any atom is -0.481 e. The maximum absolute atomic E-state index is 6.70. The molecule has 0 heterocycles. The van der Waals surface area contributed by atoms with Gasteiger partial charge in [-0.05, 0) is 12.1 Å². The molecular weight excluding hydrogens is 150 g/mol. The number of rotatable bonds is 2. The summed E-state index contributed by atoms with van der Waals surface area (Å²) in [7, 11) is 0. The molecule has 1 rings (SSSR count). The summed E-state index contributed by atoms with van der Waals surface area (Å²) in [5.74, 6) is 3.06. The van der Waals surface area contributed by atoms with Crippen molar-refractivity contribution in [3.63, 3.8) is 0 Å². The van der Waals surface area contributed by atoms with Crippen LogP contribution in [0, 0.1) is 18.9 Å². The van der Waals surface area contributed by atoms with Gasteiger partial charge in [-0.1, -0.05) is 18.1 Å². The van der Waals surface area contributed by atoms with Crippen LogP contribution < -0.4 is 4.74 Å². The van der Waals surface area contributed by atoms with E-state index in [9.17, 15) is 0 Å². The van der Waals surface area contributed by atoms with Gasteiger partial charge in [0.15, 0.2) is 5.69 Å².